The summed E-state index contributed by atoms with van der Waals surface area (Å²) in [5, 5.41) is 12.3. The minimum Gasteiger partial charge on any atom is -0.490 e. The predicted octanol–water partition coefficient (Wildman–Crippen LogP) is 3.24. The molecule has 0 bridgehead atoms. The van der Waals surface area contributed by atoms with E-state index in [9.17, 15) is 19.5 Å². The Morgan fingerprint density at radius 2 is 1.88 bits per heavy atom. The lowest BCUT2D eigenvalue weighted by molar-refractivity contribution is -0.121. The fraction of sp³-hybridized carbons (Fsp3) is 0.435. The van der Waals surface area contributed by atoms with Crippen molar-refractivity contribution in [2.24, 2.45) is 0 Å². The van der Waals surface area contributed by atoms with Crippen LogP contribution in [0.5, 0.6) is 11.5 Å². The Morgan fingerprint density at radius 3 is 2.50 bits per heavy atom. The summed E-state index contributed by atoms with van der Waals surface area (Å²) in [6.45, 7) is 4.95. The van der Waals surface area contributed by atoms with E-state index in [0.29, 0.717) is 55.5 Å². The van der Waals surface area contributed by atoms with E-state index >= 15 is 0 Å². The van der Waals surface area contributed by atoms with Gasteiger partial charge in [-0.2, -0.15) is 0 Å². The summed E-state index contributed by atoms with van der Waals surface area (Å²) in [7, 11) is 0. The van der Waals surface area contributed by atoms with Crippen molar-refractivity contribution in [2.45, 2.75) is 39.2 Å². The van der Waals surface area contributed by atoms with Crippen LogP contribution in [0.3, 0.4) is 0 Å². The van der Waals surface area contributed by atoms with Crippen LogP contribution in [0.25, 0.3) is 11.3 Å². The van der Waals surface area contributed by atoms with Crippen molar-refractivity contribution in [1.29, 1.82) is 0 Å². The molecule has 1 aromatic carbocycles. The van der Waals surface area contributed by atoms with Crippen molar-refractivity contribution in [3.63, 3.8) is 0 Å². The number of hydrogen-bond donors (Lipinski definition) is 2. The SMILES string of the molecule is CCOc1cc2c(cc1OCC)-c1cc(=O)c(C(=O)O)cn1C(CNC(=O)CCCCl)C2. The number of rotatable bonds is 10. The van der Waals surface area contributed by atoms with Gasteiger partial charge in [-0.3, -0.25) is 9.59 Å². The fourth-order valence-corrected chi connectivity index (χ4v) is 3.98. The summed E-state index contributed by atoms with van der Waals surface area (Å²) in [5.74, 6) is 0.151. The quantitative estimate of drug-likeness (QED) is 0.525. The van der Waals surface area contributed by atoms with Gasteiger partial charge in [0, 0.05) is 36.7 Å². The van der Waals surface area contributed by atoms with E-state index in [1.54, 1.807) is 4.57 Å². The lowest BCUT2D eigenvalue weighted by Crippen LogP contribution is -2.35. The number of nitrogens with zero attached hydrogens (tertiary/aromatic N) is 1. The second kappa shape index (κ2) is 10.5. The van der Waals surface area contributed by atoms with Gasteiger partial charge in [0.05, 0.1) is 24.9 Å². The number of hydrogen-bond acceptors (Lipinski definition) is 5. The molecule has 3 rings (SSSR count). The Labute approximate surface area is 191 Å². The van der Waals surface area contributed by atoms with E-state index in [4.69, 9.17) is 21.1 Å². The molecule has 1 unspecified atom stereocenters. The first kappa shape index (κ1) is 23.7. The van der Waals surface area contributed by atoms with Gasteiger partial charge in [0.25, 0.3) is 0 Å². The molecule has 0 saturated heterocycles. The molecule has 1 aromatic heterocycles. The molecular formula is C23H27ClN2O6. The lowest BCUT2D eigenvalue weighted by Gasteiger charge is -2.31. The zero-order chi connectivity index (χ0) is 23.3. The van der Waals surface area contributed by atoms with Crippen LogP contribution in [-0.4, -0.2) is 47.2 Å². The minimum atomic E-state index is -1.29. The van der Waals surface area contributed by atoms with Crippen molar-refractivity contribution in [3.05, 3.63) is 45.7 Å². The first-order valence-electron chi connectivity index (χ1n) is 10.6. The largest absolute Gasteiger partial charge is 0.490 e. The third-order valence-corrected chi connectivity index (χ3v) is 5.54. The highest BCUT2D eigenvalue weighted by Crippen LogP contribution is 2.41. The van der Waals surface area contributed by atoms with Crippen molar-refractivity contribution in [2.75, 3.05) is 25.6 Å². The van der Waals surface area contributed by atoms with Gasteiger partial charge < -0.3 is 24.5 Å². The molecule has 0 spiro atoms. The highest BCUT2D eigenvalue weighted by molar-refractivity contribution is 6.17. The average molecular weight is 463 g/mol. The summed E-state index contributed by atoms with van der Waals surface area (Å²) < 4.78 is 13.2. The molecule has 1 aliphatic rings. The number of aromatic carboxylic acids is 1. The molecule has 9 heteroatoms. The Balaban J connectivity index is 2.07. The number of aromatic nitrogens is 1. The van der Waals surface area contributed by atoms with Crippen LogP contribution in [-0.2, 0) is 11.2 Å². The lowest BCUT2D eigenvalue weighted by atomic mass is 9.91. The van der Waals surface area contributed by atoms with Gasteiger partial charge in [0.1, 0.15) is 5.56 Å². The summed E-state index contributed by atoms with van der Waals surface area (Å²) in [6.07, 6.45) is 2.77. The monoisotopic (exact) mass is 462 g/mol. The summed E-state index contributed by atoms with van der Waals surface area (Å²) in [5.41, 5.74) is 1.39. The minimum absolute atomic E-state index is 0.126. The van der Waals surface area contributed by atoms with Crippen LogP contribution in [0.4, 0.5) is 0 Å². The highest BCUT2D eigenvalue weighted by atomic mass is 35.5. The van der Waals surface area contributed by atoms with E-state index in [2.05, 4.69) is 5.32 Å². The second-order valence-corrected chi connectivity index (χ2v) is 7.80. The Kier molecular flexibility index (Phi) is 7.80. The second-order valence-electron chi connectivity index (χ2n) is 7.43. The Bertz CT molecular complexity index is 1070. The summed E-state index contributed by atoms with van der Waals surface area (Å²) >= 11 is 5.66. The number of carbonyl (C=O) groups excluding carboxylic acids is 1. The van der Waals surface area contributed by atoms with Crippen LogP contribution in [0, 0.1) is 0 Å². The van der Waals surface area contributed by atoms with Gasteiger partial charge in [-0.15, -0.1) is 11.6 Å². The maximum absolute atomic E-state index is 12.5. The van der Waals surface area contributed by atoms with E-state index in [1.165, 1.54) is 12.3 Å². The predicted molar refractivity (Wildman–Crippen MR) is 121 cm³/mol. The number of nitrogens with one attached hydrogen (secondary N) is 1. The number of alkyl halides is 1. The van der Waals surface area contributed by atoms with E-state index in [1.807, 2.05) is 26.0 Å². The van der Waals surface area contributed by atoms with E-state index in [0.717, 1.165) is 11.1 Å². The number of carboxylic acids is 1. The summed E-state index contributed by atoms with van der Waals surface area (Å²) in [4.78, 5) is 36.2. The number of pyridine rings is 1. The number of fused-ring (bicyclic) bond motifs is 3. The number of carboxylic acid groups (broad SMARTS) is 1. The fourth-order valence-electron chi connectivity index (χ4n) is 3.84. The molecule has 0 saturated carbocycles. The third-order valence-electron chi connectivity index (χ3n) is 5.28. The first-order chi connectivity index (χ1) is 15.4. The molecule has 32 heavy (non-hydrogen) atoms. The molecule has 0 radical (unpaired) electrons. The van der Waals surface area contributed by atoms with Gasteiger partial charge in [0.15, 0.2) is 16.9 Å². The molecule has 1 aliphatic heterocycles. The van der Waals surface area contributed by atoms with E-state index in [-0.39, 0.29) is 24.1 Å². The first-order valence-corrected chi connectivity index (χ1v) is 11.2. The van der Waals surface area contributed by atoms with Crippen LogP contribution in [0.15, 0.2) is 29.2 Å². The topological polar surface area (TPSA) is 107 Å². The molecule has 2 aromatic rings. The van der Waals surface area contributed by atoms with Crippen molar-refractivity contribution in [3.8, 4) is 22.8 Å². The molecule has 172 valence electrons. The number of amides is 1. The van der Waals surface area contributed by atoms with Gasteiger partial charge in [-0.05, 0) is 44.4 Å². The third kappa shape index (κ3) is 5.07. The zero-order valence-electron chi connectivity index (χ0n) is 18.2. The standard InChI is InChI=1S/C23H27ClN2O6/c1-3-31-20-9-14-8-15(12-25-22(28)6-5-7-24)26-13-17(23(29)30)19(27)11-18(26)16(14)10-21(20)32-4-2/h9-11,13,15H,3-8,12H2,1-2H3,(H,25,28)(H,29,30). The van der Waals surface area contributed by atoms with E-state index < -0.39 is 11.4 Å². The maximum Gasteiger partial charge on any atom is 0.341 e. The number of carbonyl (C=O) groups is 2. The summed E-state index contributed by atoms with van der Waals surface area (Å²) in [6, 6.07) is 4.78. The molecule has 8 nitrogen and oxygen atoms in total. The van der Waals surface area contributed by atoms with Crippen LogP contribution in [0.1, 0.15) is 48.7 Å². The molecule has 1 amide bonds. The molecule has 1 atom stereocenters. The number of ether oxygens (including phenoxy) is 2. The van der Waals surface area contributed by atoms with Gasteiger partial charge in [-0.1, -0.05) is 0 Å². The van der Waals surface area contributed by atoms with Crippen molar-refractivity contribution < 1.29 is 24.2 Å². The average Bonchev–Trinajstić information content (AvgIpc) is 2.76. The molecule has 0 fully saturated rings. The smallest absolute Gasteiger partial charge is 0.341 e. The number of halogens is 1. The van der Waals surface area contributed by atoms with Crippen LogP contribution in [0.2, 0.25) is 0 Å². The molecule has 2 N–H and O–H groups in total. The maximum atomic E-state index is 12.5. The number of benzene rings is 1. The molecule has 0 aliphatic carbocycles. The zero-order valence-corrected chi connectivity index (χ0v) is 18.9. The van der Waals surface area contributed by atoms with Gasteiger partial charge >= 0.3 is 5.97 Å². The van der Waals surface area contributed by atoms with Gasteiger partial charge in [0.2, 0.25) is 5.91 Å². The van der Waals surface area contributed by atoms with Crippen LogP contribution < -0.4 is 20.2 Å². The molecule has 2 heterocycles. The Hall–Kier alpha value is -3.00. The Morgan fingerprint density at radius 1 is 1.19 bits per heavy atom. The van der Waals surface area contributed by atoms with Crippen LogP contribution >= 0.6 is 11.6 Å². The normalized spacial score (nSPS) is 14.3. The highest BCUT2D eigenvalue weighted by Gasteiger charge is 2.28. The van der Waals surface area contributed by atoms with Crippen molar-refractivity contribution in [1.82, 2.24) is 9.88 Å². The van der Waals surface area contributed by atoms with Crippen molar-refractivity contribution >= 4 is 23.5 Å². The van der Waals surface area contributed by atoms with Gasteiger partial charge in [-0.25, -0.2) is 4.79 Å². The molecular weight excluding hydrogens is 436 g/mol.